The first kappa shape index (κ1) is 13.8. The van der Waals surface area contributed by atoms with Crippen LogP contribution in [-0.2, 0) is 4.74 Å². The first-order chi connectivity index (χ1) is 7.46. The Balaban J connectivity index is 2.76. The predicted molar refractivity (Wildman–Crippen MR) is 54.5 cm³/mol. The predicted octanol–water partition coefficient (Wildman–Crippen LogP) is -1.66. The Morgan fingerprint density at radius 1 is 1.19 bits per heavy atom. The van der Waals surface area contributed by atoms with Crippen molar-refractivity contribution < 1.29 is 30.3 Å². The lowest BCUT2D eigenvalue weighted by atomic mass is 9.90. The molecule has 0 bridgehead atoms. The van der Waals surface area contributed by atoms with Crippen molar-refractivity contribution in [1.29, 1.82) is 0 Å². The Bertz CT molecular complexity index is 221. The van der Waals surface area contributed by atoms with Gasteiger partial charge in [-0.15, -0.1) is 0 Å². The van der Waals surface area contributed by atoms with Crippen molar-refractivity contribution in [1.82, 2.24) is 0 Å². The third-order valence-electron chi connectivity index (χ3n) is 2.94. The van der Waals surface area contributed by atoms with Crippen molar-refractivity contribution in [3.8, 4) is 0 Å². The van der Waals surface area contributed by atoms with Gasteiger partial charge in [0, 0.05) is 6.42 Å². The normalized spacial score (nSPS) is 44.6. The second-order valence-electron chi connectivity index (χ2n) is 4.21. The lowest BCUT2D eigenvalue weighted by Gasteiger charge is -2.45. The van der Waals surface area contributed by atoms with Crippen molar-refractivity contribution >= 4 is 0 Å². The standard InChI is InChI=1S/C10H20O6/c1-2-3-4-10(15)9(14)8(13)7(12)6(5-11)16-10/h6-9,11-15H,2-5H2,1H3/t6-,7-,8+,9+,10+/m1/s1. The fourth-order valence-corrected chi connectivity index (χ4v) is 1.86. The zero-order chi connectivity index (χ0) is 12.3. The fraction of sp³-hybridized carbons (Fsp3) is 1.00. The van der Waals surface area contributed by atoms with Gasteiger partial charge in [-0.2, -0.15) is 0 Å². The Kier molecular flexibility index (Phi) is 4.66. The monoisotopic (exact) mass is 236 g/mol. The first-order valence-corrected chi connectivity index (χ1v) is 5.51. The number of hydrogen-bond acceptors (Lipinski definition) is 6. The summed E-state index contributed by atoms with van der Waals surface area (Å²) in [5, 5.41) is 47.6. The van der Waals surface area contributed by atoms with E-state index in [0.717, 1.165) is 6.42 Å². The molecule has 0 unspecified atom stereocenters. The van der Waals surface area contributed by atoms with Crippen molar-refractivity contribution in [2.24, 2.45) is 0 Å². The molecule has 16 heavy (non-hydrogen) atoms. The molecule has 0 aromatic carbocycles. The van der Waals surface area contributed by atoms with E-state index in [4.69, 9.17) is 9.84 Å². The second kappa shape index (κ2) is 5.39. The van der Waals surface area contributed by atoms with Crippen LogP contribution >= 0.6 is 0 Å². The maximum Gasteiger partial charge on any atom is 0.195 e. The van der Waals surface area contributed by atoms with Crippen molar-refractivity contribution in [2.45, 2.75) is 56.4 Å². The minimum absolute atomic E-state index is 0.144. The summed E-state index contributed by atoms with van der Waals surface area (Å²) in [6.07, 6.45) is -4.04. The third-order valence-corrected chi connectivity index (χ3v) is 2.94. The lowest BCUT2D eigenvalue weighted by Crippen LogP contribution is -2.65. The van der Waals surface area contributed by atoms with Crippen LogP contribution in [0.2, 0.25) is 0 Å². The Hall–Kier alpha value is -0.240. The lowest BCUT2D eigenvalue weighted by molar-refractivity contribution is -0.351. The molecule has 0 amide bonds. The van der Waals surface area contributed by atoms with Crippen molar-refractivity contribution in [3.63, 3.8) is 0 Å². The number of aliphatic hydroxyl groups excluding tert-OH is 4. The van der Waals surface area contributed by atoms with Crippen molar-refractivity contribution in [3.05, 3.63) is 0 Å². The van der Waals surface area contributed by atoms with Crippen LogP contribution in [0.4, 0.5) is 0 Å². The summed E-state index contributed by atoms with van der Waals surface area (Å²) < 4.78 is 5.07. The van der Waals surface area contributed by atoms with Crippen LogP contribution in [-0.4, -0.2) is 62.3 Å². The van der Waals surface area contributed by atoms with Gasteiger partial charge in [-0.25, -0.2) is 0 Å². The van der Waals surface area contributed by atoms with Crippen LogP contribution in [0.3, 0.4) is 0 Å². The molecule has 0 saturated carbocycles. The van der Waals surface area contributed by atoms with Gasteiger partial charge in [0.1, 0.15) is 24.4 Å². The molecule has 0 spiro atoms. The molecule has 1 saturated heterocycles. The van der Waals surface area contributed by atoms with E-state index in [0.29, 0.717) is 6.42 Å². The van der Waals surface area contributed by atoms with Crippen LogP contribution in [0.1, 0.15) is 26.2 Å². The van der Waals surface area contributed by atoms with Crippen LogP contribution in [0.15, 0.2) is 0 Å². The molecule has 6 heteroatoms. The molecule has 0 aromatic rings. The van der Waals surface area contributed by atoms with E-state index >= 15 is 0 Å². The van der Waals surface area contributed by atoms with Gasteiger partial charge in [0.25, 0.3) is 0 Å². The quantitative estimate of drug-likeness (QED) is 0.399. The van der Waals surface area contributed by atoms with Gasteiger partial charge in [-0.05, 0) is 6.42 Å². The van der Waals surface area contributed by atoms with Gasteiger partial charge in [0.2, 0.25) is 0 Å². The number of unbranched alkanes of at least 4 members (excludes halogenated alkanes) is 1. The molecule has 1 heterocycles. The molecule has 1 aliphatic heterocycles. The van der Waals surface area contributed by atoms with E-state index < -0.39 is 36.8 Å². The summed E-state index contributed by atoms with van der Waals surface area (Å²) in [6.45, 7) is 1.38. The van der Waals surface area contributed by atoms with Crippen LogP contribution in [0, 0.1) is 0 Å². The summed E-state index contributed by atoms with van der Waals surface area (Å²) >= 11 is 0. The van der Waals surface area contributed by atoms with Gasteiger partial charge in [-0.3, -0.25) is 0 Å². The van der Waals surface area contributed by atoms with Crippen LogP contribution < -0.4 is 0 Å². The Morgan fingerprint density at radius 2 is 1.81 bits per heavy atom. The third kappa shape index (κ3) is 2.53. The largest absolute Gasteiger partial charge is 0.394 e. The number of hydrogen-bond donors (Lipinski definition) is 5. The van der Waals surface area contributed by atoms with Gasteiger partial charge in [-0.1, -0.05) is 13.3 Å². The topological polar surface area (TPSA) is 110 Å². The highest BCUT2D eigenvalue weighted by molar-refractivity contribution is 4.95. The van der Waals surface area contributed by atoms with Gasteiger partial charge < -0.3 is 30.3 Å². The molecule has 6 nitrogen and oxygen atoms in total. The van der Waals surface area contributed by atoms with E-state index in [1.807, 2.05) is 6.92 Å². The highest BCUT2D eigenvalue weighted by Gasteiger charge is 2.51. The molecule has 0 aliphatic carbocycles. The first-order valence-electron chi connectivity index (χ1n) is 5.51. The summed E-state index contributed by atoms with van der Waals surface area (Å²) in [6, 6.07) is 0. The molecule has 5 atom stereocenters. The minimum Gasteiger partial charge on any atom is -0.394 e. The molecule has 1 aliphatic rings. The van der Waals surface area contributed by atoms with Crippen LogP contribution in [0.5, 0.6) is 0 Å². The van der Waals surface area contributed by atoms with E-state index in [9.17, 15) is 20.4 Å². The molecule has 5 N–H and O–H groups in total. The SMILES string of the molecule is CCCC[C@]1(O)O[C@H](CO)[C@@H](O)[C@H](O)[C@@H]1O. The molecule has 1 fully saturated rings. The number of rotatable bonds is 4. The maximum absolute atomic E-state index is 10.0. The molecule has 0 radical (unpaired) electrons. The van der Waals surface area contributed by atoms with E-state index in [1.165, 1.54) is 0 Å². The highest BCUT2D eigenvalue weighted by atomic mass is 16.7. The van der Waals surface area contributed by atoms with Gasteiger partial charge >= 0.3 is 0 Å². The fourth-order valence-electron chi connectivity index (χ4n) is 1.86. The second-order valence-corrected chi connectivity index (χ2v) is 4.21. The minimum atomic E-state index is -1.90. The molecule has 1 rings (SSSR count). The Morgan fingerprint density at radius 3 is 2.31 bits per heavy atom. The Labute approximate surface area is 94.1 Å². The molecular formula is C10H20O6. The van der Waals surface area contributed by atoms with Gasteiger partial charge in [0.15, 0.2) is 5.79 Å². The zero-order valence-corrected chi connectivity index (χ0v) is 9.28. The van der Waals surface area contributed by atoms with Gasteiger partial charge in [0.05, 0.1) is 6.61 Å². The van der Waals surface area contributed by atoms with E-state index in [1.54, 1.807) is 0 Å². The van der Waals surface area contributed by atoms with Crippen LogP contribution in [0.25, 0.3) is 0 Å². The summed E-state index contributed by atoms with van der Waals surface area (Å²) in [7, 11) is 0. The molecule has 96 valence electrons. The average molecular weight is 236 g/mol. The summed E-state index contributed by atoms with van der Waals surface area (Å²) in [5.41, 5.74) is 0. The summed E-state index contributed by atoms with van der Waals surface area (Å²) in [5.74, 6) is -1.90. The summed E-state index contributed by atoms with van der Waals surface area (Å²) in [4.78, 5) is 0. The van der Waals surface area contributed by atoms with E-state index in [-0.39, 0.29) is 6.42 Å². The highest BCUT2D eigenvalue weighted by Crippen LogP contribution is 2.31. The number of ether oxygens (including phenoxy) is 1. The maximum atomic E-state index is 10.0. The molecule has 0 aromatic heterocycles. The number of aliphatic hydroxyl groups is 5. The molecular weight excluding hydrogens is 216 g/mol. The zero-order valence-electron chi connectivity index (χ0n) is 9.28. The van der Waals surface area contributed by atoms with E-state index in [2.05, 4.69) is 0 Å². The smallest absolute Gasteiger partial charge is 0.195 e. The van der Waals surface area contributed by atoms with Crippen molar-refractivity contribution in [2.75, 3.05) is 6.61 Å². The average Bonchev–Trinajstić information content (AvgIpc) is 2.29.